The normalized spacial score (nSPS) is 10.5. The van der Waals surface area contributed by atoms with Crippen molar-refractivity contribution in [3.8, 4) is 0 Å². The lowest BCUT2D eigenvalue weighted by Crippen LogP contribution is -2.16. The first-order valence-corrected chi connectivity index (χ1v) is 8.67. The molecule has 0 heterocycles. The van der Waals surface area contributed by atoms with Crippen LogP contribution in [0.2, 0.25) is 0 Å². The molecule has 2 heteroatoms. The molecule has 126 valence electrons. The van der Waals surface area contributed by atoms with Crippen molar-refractivity contribution in [2.45, 2.75) is 27.2 Å². The van der Waals surface area contributed by atoms with E-state index in [4.69, 9.17) is 0 Å². The number of carbonyl (C=O) groups excluding carboxylic acids is 1. The monoisotopic (exact) mass is 329 g/mol. The van der Waals surface area contributed by atoms with E-state index in [0.29, 0.717) is 6.42 Å². The highest BCUT2D eigenvalue weighted by molar-refractivity contribution is 6.03. The molecule has 0 radical (unpaired) electrons. The number of benzene rings is 3. The first kappa shape index (κ1) is 17.0. The number of hydrogen-bond acceptors (Lipinski definition) is 2. The Labute approximate surface area is 149 Å². The fraction of sp³-hybridized carbons (Fsp3) is 0.174. The van der Waals surface area contributed by atoms with Crippen molar-refractivity contribution in [2.24, 2.45) is 0 Å². The Morgan fingerprint density at radius 3 is 1.64 bits per heavy atom. The molecule has 0 saturated heterocycles. The third-order valence-corrected chi connectivity index (χ3v) is 4.48. The van der Waals surface area contributed by atoms with Crippen LogP contribution in [0.25, 0.3) is 0 Å². The summed E-state index contributed by atoms with van der Waals surface area (Å²) in [5, 5.41) is 0. The minimum absolute atomic E-state index is 0.155. The summed E-state index contributed by atoms with van der Waals surface area (Å²) in [6.45, 7) is 6.11. The SMILES string of the molecule is CCC(=O)c1ccccc1N(c1ccccc1C)c1ccccc1C. The van der Waals surface area contributed by atoms with Crippen LogP contribution in [0, 0.1) is 13.8 Å². The van der Waals surface area contributed by atoms with E-state index in [9.17, 15) is 4.79 Å². The summed E-state index contributed by atoms with van der Waals surface area (Å²) in [4.78, 5) is 14.7. The second-order valence-electron chi connectivity index (χ2n) is 6.20. The van der Waals surface area contributed by atoms with Gasteiger partial charge in [0.1, 0.15) is 0 Å². The van der Waals surface area contributed by atoms with Crippen molar-refractivity contribution in [3.63, 3.8) is 0 Å². The van der Waals surface area contributed by atoms with E-state index in [1.807, 2.05) is 55.5 Å². The predicted octanol–water partition coefficient (Wildman–Crippen LogP) is 6.37. The van der Waals surface area contributed by atoms with Crippen molar-refractivity contribution in [2.75, 3.05) is 4.90 Å². The number of rotatable bonds is 5. The summed E-state index contributed by atoms with van der Waals surface area (Å²) < 4.78 is 0. The maximum atomic E-state index is 12.5. The Bertz CT molecular complexity index is 852. The molecule has 0 atom stereocenters. The Morgan fingerprint density at radius 2 is 1.16 bits per heavy atom. The number of nitrogens with zero attached hydrogens (tertiary/aromatic N) is 1. The first-order valence-electron chi connectivity index (χ1n) is 8.67. The number of Topliss-reactive ketones (excluding diaryl/α,β-unsaturated/α-hetero) is 1. The molecular formula is C23H23NO. The molecule has 3 aromatic carbocycles. The van der Waals surface area contributed by atoms with Gasteiger partial charge in [0, 0.05) is 23.4 Å². The maximum absolute atomic E-state index is 12.5. The van der Waals surface area contributed by atoms with Gasteiger partial charge in [-0.3, -0.25) is 4.79 Å². The maximum Gasteiger partial charge on any atom is 0.164 e. The molecule has 2 nitrogen and oxygen atoms in total. The Morgan fingerprint density at radius 1 is 0.720 bits per heavy atom. The zero-order valence-electron chi connectivity index (χ0n) is 15.0. The molecule has 3 rings (SSSR count). The van der Waals surface area contributed by atoms with Crippen molar-refractivity contribution in [1.82, 2.24) is 0 Å². The molecule has 0 aromatic heterocycles. The molecule has 25 heavy (non-hydrogen) atoms. The van der Waals surface area contributed by atoms with Gasteiger partial charge in [0.25, 0.3) is 0 Å². The van der Waals surface area contributed by atoms with Gasteiger partial charge >= 0.3 is 0 Å². The van der Waals surface area contributed by atoms with Crippen molar-refractivity contribution >= 4 is 22.8 Å². The molecule has 0 bridgehead atoms. The molecule has 0 amide bonds. The summed E-state index contributed by atoms with van der Waals surface area (Å²) in [7, 11) is 0. The molecule has 0 fully saturated rings. The van der Waals surface area contributed by atoms with Crippen molar-refractivity contribution in [1.29, 1.82) is 0 Å². The number of para-hydroxylation sites is 3. The lowest BCUT2D eigenvalue weighted by molar-refractivity contribution is 0.0989. The van der Waals surface area contributed by atoms with Crippen molar-refractivity contribution in [3.05, 3.63) is 89.5 Å². The second kappa shape index (κ2) is 7.35. The fourth-order valence-electron chi connectivity index (χ4n) is 3.11. The predicted molar refractivity (Wildman–Crippen MR) is 105 cm³/mol. The van der Waals surface area contributed by atoms with E-state index >= 15 is 0 Å². The Kier molecular flexibility index (Phi) is 4.99. The molecular weight excluding hydrogens is 306 g/mol. The van der Waals surface area contributed by atoms with Gasteiger partial charge in [-0.15, -0.1) is 0 Å². The minimum Gasteiger partial charge on any atom is -0.309 e. The Balaban J connectivity index is 2.29. The molecule has 0 aliphatic rings. The standard InChI is InChI=1S/C23H23NO/c1-4-23(25)19-13-7-10-16-22(19)24(20-14-8-5-11-17(20)2)21-15-9-6-12-18(21)3/h5-16H,4H2,1-3H3. The quantitative estimate of drug-likeness (QED) is 0.507. The third-order valence-electron chi connectivity index (χ3n) is 4.48. The lowest BCUT2D eigenvalue weighted by atomic mass is 10.0. The van der Waals surface area contributed by atoms with Gasteiger partial charge in [0.15, 0.2) is 5.78 Å². The highest BCUT2D eigenvalue weighted by Gasteiger charge is 2.20. The average molecular weight is 329 g/mol. The zero-order chi connectivity index (χ0) is 17.8. The molecule has 0 aliphatic heterocycles. The van der Waals surface area contributed by atoms with Crippen LogP contribution in [0.3, 0.4) is 0 Å². The molecule has 3 aromatic rings. The number of carbonyl (C=O) groups is 1. The summed E-state index contributed by atoms with van der Waals surface area (Å²) in [6.07, 6.45) is 0.492. The summed E-state index contributed by atoms with van der Waals surface area (Å²) >= 11 is 0. The van der Waals surface area contributed by atoms with Gasteiger partial charge in [0.05, 0.1) is 5.69 Å². The number of ketones is 1. The molecule has 0 saturated carbocycles. The van der Waals surface area contributed by atoms with Crippen LogP contribution in [0.5, 0.6) is 0 Å². The van der Waals surface area contributed by atoms with Crippen LogP contribution in [0.4, 0.5) is 17.1 Å². The van der Waals surface area contributed by atoms with Crippen LogP contribution in [0.1, 0.15) is 34.8 Å². The highest BCUT2D eigenvalue weighted by Crippen LogP contribution is 2.39. The van der Waals surface area contributed by atoms with Crippen molar-refractivity contribution < 1.29 is 4.79 Å². The number of hydrogen-bond donors (Lipinski definition) is 0. The summed E-state index contributed by atoms with van der Waals surface area (Å²) in [6, 6.07) is 24.4. The molecule has 0 spiro atoms. The van der Waals surface area contributed by atoms with E-state index in [2.05, 4.69) is 43.0 Å². The molecule has 0 unspecified atom stereocenters. The summed E-state index contributed by atoms with van der Waals surface area (Å²) in [5.74, 6) is 0.155. The van der Waals surface area contributed by atoms with Gasteiger partial charge in [-0.05, 0) is 49.2 Å². The van der Waals surface area contributed by atoms with E-state index in [0.717, 1.165) is 22.6 Å². The number of aryl methyl sites for hydroxylation is 2. The van der Waals surface area contributed by atoms with Gasteiger partial charge < -0.3 is 4.90 Å². The average Bonchev–Trinajstić information content (AvgIpc) is 2.65. The zero-order valence-corrected chi connectivity index (χ0v) is 15.0. The number of anilines is 3. The van der Waals surface area contributed by atoms with Crippen LogP contribution in [0.15, 0.2) is 72.8 Å². The smallest absolute Gasteiger partial charge is 0.164 e. The first-order chi connectivity index (χ1) is 12.1. The largest absolute Gasteiger partial charge is 0.309 e. The van der Waals surface area contributed by atoms with E-state index in [1.54, 1.807) is 0 Å². The van der Waals surface area contributed by atoms with Crippen LogP contribution in [-0.4, -0.2) is 5.78 Å². The van der Waals surface area contributed by atoms with E-state index in [-0.39, 0.29) is 5.78 Å². The van der Waals surface area contributed by atoms with Gasteiger partial charge in [0.2, 0.25) is 0 Å². The fourth-order valence-corrected chi connectivity index (χ4v) is 3.11. The van der Waals surface area contributed by atoms with Gasteiger partial charge in [-0.2, -0.15) is 0 Å². The van der Waals surface area contributed by atoms with Crippen LogP contribution in [-0.2, 0) is 0 Å². The van der Waals surface area contributed by atoms with E-state index in [1.165, 1.54) is 11.1 Å². The summed E-state index contributed by atoms with van der Waals surface area (Å²) in [5.41, 5.74) is 6.21. The topological polar surface area (TPSA) is 20.3 Å². The van der Waals surface area contributed by atoms with E-state index < -0.39 is 0 Å². The van der Waals surface area contributed by atoms with Crippen LogP contribution >= 0.6 is 0 Å². The van der Waals surface area contributed by atoms with Gasteiger partial charge in [-0.1, -0.05) is 55.5 Å². The lowest BCUT2D eigenvalue weighted by Gasteiger charge is -2.29. The second-order valence-corrected chi connectivity index (χ2v) is 6.20. The highest BCUT2D eigenvalue weighted by atomic mass is 16.1. The molecule has 0 aliphatic carbocycles. The minimum atomic E-state index is 0.155. The Hall–Kier alpha value is -2.87. The third kappa shape index (κ3) is 3.34. The molecule has 0 N–H and O–H groups in total. The van der Waals surface area contributed by atoms with Crippen LogP contribution < -0.4 is 4.90 Å². The van der Waals surface area contributed by atoms with Gasteiger partial charge in [-0.25, -0.2) is 0 Å².